The summed E-state index contributed by atoms with van der Waals surface area (Å²) in [5.41, 5.74) is 6.07. The van der Waals surface area contributed by atoms with Crippen molar-refractivity contribution < 1.29 is 18.0 Å². The summed E-state index contributed by atoms with van der Waals surface area (Å²) < 4.78 is 36.8. The molecule has 2 aromatic rings. The van der Waals surface area contributed by atoms with Crippen LogP contribution in [-0.4, -0.2) is 18.6 Å². The van der Waals surface area contributed by atoms with Gasteiger partial charge in [0, 0.05) is 21.7 Å². The highest BCUT2D eigenvalue weighted by atomic mass is 35.5. The molecule has 8 heteroatoms. The van der Waals surface area contributed by atoms with Crippen molar-refractivity contribution >= 4 is 44.6 Å². The third-order valence-corrected chi connectivity index (χ3v) is 4.01. The van der Waals surface area contributed by atoms with Crippen molar-refractivity contribution in [2.24, 2.45) is 0 Å². The molecule has 1 amide bonds. The number of nitrogens with two attached hydrogens (primary N) is 1. The zero-order valence-corrected chi connectivity index (χ0v) is 11.6. The van der Waals surface area contributed by atoms with Crippen molar-refractivity contribution in [3.05, 3.63) is 28.1 Å². The first-order valence-corrected chi connectivity index (χ1v) is 6.80. The molecule has 3 N–H and O–H groups in total. The minimum absolute atomic E-state index is 0.199. The predicted molar refractivity (Wildman–Crippen MR) is 74.3 cm³/mol. The van der Waals surface area contributed by atoms with Crippen molar-refractivity contribution in [3.63, 3.8) is 0 Å². The number of hydrogen-bond acceptors (Lipinski definition) is 3. The van der Waals surface area contributed by atoms with E-state index < -0.39 is 25.0 Å². The van der Waals surface area contributed by atoms with Crippen LogP contribution in [0, 0.1) is 0 Å². The second-order valence-corrected chi connectivity index (χ2v) is 5.60. The maximum absolute atomic E-state index is 12.0. The largest absolute Gasteiger partial charge is 0.397 e. The number of halogens is 4. The molecule has 0 saturated heterocycles. The number of carbonyl (C=O) groups excluding carboxylic acids is 1. The molecule has 1 aromatic heterocycles. The van der Waals surface area contributed by atoms with Crippen LogP contribution in [0.4, 0.5) is 18.9 Å². The molecular formula is C12H10ClF3N2OS. The molecule has 1 heterocycles. The molecule has 0 aliphatic rings. The van der Waals surface area contributed by atoms with E-state index >= 15 is 0 Å². The van der Waals surface area contributed by atoms with Crippen molar-refractivity contribution in [2.75, 3.05) is 12.3 Å². The molecule has 0 atom stereocenters. The van der Waals surface area contributed by atoms with Crippen molar-refractivity contribution in [1.29, 1.82) is 0 Å². The second kappa shape index (κ2) is 5.49. The monoisotopic (exact) mass is 322 g/mol. The van der Waals surface area contributed by atoms with Gasteiger partial charge in [0.15, 0.2) is 0 Å². The Morgan fingerprint density at radius 3 is 2.75 bits per heavy atom. The SMILES string of the molecule is Nc1c(C(=O)NCCC(F)(F)F)sc2ccc(Cl)cc12. The molecule has 0 bridgehead atoms. The van der Waals surface area contributed by atoms with Gasteiger partial charge in [0.25, 0.3) is 5.91 Å². The normalized spacial score (nSPS) is 11.8. The Balaban J connectivity index is 2.16. The summed E-state index contributed by atoms with van der Waals surface area (Å²) >= 11 is 6.96. The van der Waals surface area contributed by atoms with Gasteiger partial charge in [-0.3, -0.25) is 4.79 Å². The van der Waals surface area contributed by atoms with E-state index in [4.69, 9.17) is 17.3 Å². The molecule has 0 unspecified atom stereocenters. The summed E-state index contributed by atoms with van der Waals surface area (Å²) in [5.74, 6) is -0.607. The van der Waals surface area contributed by atoms with Crippen LogP contribution in [-0.2, 0) is 0 Å². The van der Waals surface area contributed by atoms with E-state index in [1.54, 1.807) is 18.2 Å². The van der Waals surface area contributed by atoms with Crippen LogP contribution < -0.4 is 11.1 Å². The highest BCUT2D eigenvalue weighted by Crippen LogP contribution is 2.35. The number of fused-ring (bicyclic) bond motifs is 1. The van der Waals surface area contributed by atoms with E-state index in [0.717, 1.165) is 16.0 Å². The lowest BCUT2D eigenvalue weighted by atomic mass is 10.2. The van der Waals surface area contributed by atoms with Gasteiger partial charge in [-0.2, -0.15) is 13.2 Å². The Kier molecular flexibility index (Phi) is 4.10. The number of nitrogens with one attached hydrogen (secondary N) is 1. The first-order valence-electron chi connectivity index (χ1n) is 5.60. The lowest BCUT2D eigenvalue weighted by Gasteiger charge is -2.07. The molecule has 3 nitrogen and oxygen atoms in total. The fourth-order valence-corrected chi connectivity index (χ4v) is 2.85. The highest BCUT2D eigenvalue weighted by molar-refractivity contribution is 7.21. The Morgan fingerprint density at radius 2 is 2.10 bits per heavy atom. The fourth-order valence-electron chi connectivity index (χ4n) is 1.66. The van der Waals surface area contributed by atoms with Crippen molar-refractivity contribution in [1.82, 2.24) is 5.32 Å². The van der Waals surface area contributed by atoms with Crippen LogP contribution in [0.25, 0.3) is 10.1 Å². The zero-order valence-electron chi connectivity index (χ0n) is 10.1. The average molecular weight is 323 g/mol. The molecule has 0 fully saturated rings. The van der Waals surface area contributed by atoms with Gasteiger partial charge in [0.1, 0.15) is 4.88 Å². The van der Waals surface area contributed by atoms with Gasteiger partial charge < -0.3 is 11.1 Å². The first kappa shape index (κ1) is 14.9. The number of rotatable bonds is 3. The highest BCUT2D eigenvalue weighted by Gasteiger charge is 2.27. The van der Waals surface area contributed by atoms with Gasteiger partial charge in [-0.05, 0) is 18.2 Å². The smallest absolute Gasteiger partial charge is 0.390 e. The van der Waals surface area contributed by atoms with E-state index in [9.17, 15) is 18.0 Å². The van der Waals surface area contributed by atoms with Gasteiger partial charge >= 0.3 is 6.18 Å². The standard InChI is InChI=1S/C12H10ClF3N2OS/c13-6-1-2-8-7(5-6)9(17)10(20-8)11(19)18-4-3-12(14,15)16/h1-2,5H,3-4,17H2,(H,18,19). The minimum Gasteiger partial charge on any atom is -0.397 e. The van der Waals surface area contributed by atoms with Crippen molar-refractivity contribution in [2.45, 2.75) is 12.6 Å². The van der Waals surface area contributed by atoms with Gasteiger partial charge in [-0.1, -0.05) is 11.6 Å². The van der Waals surface area contributed by atoms with Crippen LogP contribution in [0.3, 0.4) is 0 Å². The number of nitrogen functional groups attached to an aromatic ring is 1. The Labute approximate surface area is 121 Å². The molecule has 0 aliphatic heterocycles. The first-order chi connectivity index (χ1) is 9.28. The number of benzene rings is 1. The molecule has 0 spiro atoms. The van der Waals surface area contributed by atoms with Crippen molar-refractivity contribution in [3.8, 4) is 0 Å². The second-order valence-electron chi connectivity index (χ2n) is 4.11. The quantitative estimate of drug-likeness (QED) is 0.902. The topological polar surface area (TPSA) is 55.1 Å². The summed E-state index contributed by atoms with van der Waals surface area (Å²) in [6, 6.07) is 4.99. The Morgan fingerprint density at radius 1 is 1.40 bits per heavy atom. The summed E-state index contributed by atoms with van der Waals surface area (Å²) in [5, 5.41) is 3.32. The lowest BCUT2D eigenvalue weighted by Crippen LogP contribution is -2.27. The number of amides is 1. The van der Waals surface area contributed by atoms with E-state index in [0.29, 0.717) is 10.4 Å². The van der Waals surface area contributed by atoms with Gasteiger partial charge in [0.05, 0.1) is 12.1 Å². The Hall–Kier alpha value is -1.47. The van der Waals surface area contributed by atoms with Gasteiger partial charge in [-0.15, -0.1) is 11.3 Å². The molecule has 0 radical (unpaired) electrons. The zero-order chi connectivity index (χ0) is 14.9. The molecule has 0 aliphatic carbocycles. The number of carbonyl (C=O) groups is 1. The Bertz CT molecular complexity index is 654. The maximum Gasteiger partial charge on any atom is 0.390 e. The molecule has 108 valence electrons. The van der Waals surface area contributed by atoms with Gasteiger partial charge in [0.2, 0.25) is 0 Å². The number of anilines is 1. The van der Waals surface area contributed by atoms with E-state index in [1.165, 1.54) is 0 Å². The molecule has 2 rings (SSSR count). The number of alkyl halides is 3. The van der Waals surface area contributed by atoms with Crippen LogP contribution >= 0.6 is 22.9 Å². The average Bonchev–Trinajstić information content (AvgIpc) is 2.65. The minimum atomic E-state index is -4.30. The third-order valence-electron chi connectivity index (χ3n) is 2.59. The third kappa shape index (κ3) is 3.34. The van der Waals surface area contributed by atoms with Gasteiger partial charge in [-0.25, -0.2) is 0 Å². The lowest BCUT2D eigenvalue weighted by molar-refractivity contribution is -0.132. The summed E-state index contributed by atoms with van der Waals surface area (Å²) in [4.78, 5) is 12.0. The van der Waals surface area contributed by atoms with E-state index in [-0.39, 0.29) is 10.6 Å². The maximum atomic E-state index is 12.0. The summed E-state index contributed by atoms with van der Waals surface area (Å²) in [7, 11) is 0. The van der Waals surface area contributed by atoms with Crippen LogP contribution in [0.1, 0.15) is 16.1 Å². The summed E-state index contributed by atoms with van der Waals surface area (Å²) in [6.45, 7) is -0.475. The molecule has 20 heavy (non-hydrogen) atoms. The molecule has 0 saturated carbocycles. The molecular weight excluding hydrogens is 313 g/mol. The number of hydrogen-bond donors (Lipinski definition) is 2. The number of thiophene rings is 1. The van der Waals surface area contributed by atoms with E-state index in [1.807, 2.05) is 0 Å². The summed E-state index contributed by atoms with van der Waals surface area (Å²) in [6.07, 6.45) is -5.37. The van der Waals surface area contributed by atoms with Crippen LogP contribution in [0.15, 0.2) is 18.2 Å². The van der Waals surface area contributed by atoms with E-state index in [2.05, 4.69) is 5.32 Å². The van der Waals surface area contributed by atoms with Crippen LogP contribution in [0.5, 0.6) is 0 Å². The van der Waals surface area contributed by atoms with Crippen LogP contribution in [0.2, 0.25) is 5.02 Å². The fraction of sp³-hybridized carbons (Fsp3) is 0.250. The predicted octanol–water partition coefficient (Wildman–Crippen LogP) is 3.82. The molecule has 1 aromatic carbocycles.